The Kier molecular flexibility index (Phi) is 7.23. The van der Waals surface area contributed by atoms with Crippen LogP contribution < -0.4 is 5.32 Å². The van der Waals surface area contributed by atoms with Gasteiger partial charge in [0.15, 0.2) is 6.61 Å². The summed E-state index contributed by atoms with van der Waals surface area (Å²) in [7, 11) is 0. The second kappa shape index (κ2) is 10.1. The summed E-state index contributed by atoms with van der Waals surface area (Å²) in [5.74, 6) is -1.34. The molecule has 2 aromatic carbocycles. The summed E-state index contributed by atoms with van der Waals surface area (Å²) >= 11 is 0. The van der Waals surface area contributed by atoms with Gasteiger partial charge in [0.2, 0.25) is 11.7 Å². The second-order valence-electron chi connectivity index (χ2n) is 7.88. The van der Waals surface area contributed by atoms with Crippen molar-refractivity contribution in [2.24, 2.45) is 5.92 Å². The van der Waals surface area contributed by atoms with Crippen molar-refractivity contribution in [1.82, 2.24) is 10.3 Å². The lowest BCUT2D eigenvalue weighted by molar-refractivity contribution is -0.148. The molecular weight excluding hydrogens is 392 g/mol. The van der Waals surface area contributed by atoms with Gasteiger partial charge in [-0.05, 0) is 23.5 Å². The Hall–Kier alpha value is -3.41. The highest BCUT2D eigenvalue weighted by Crippen LogP contribution is 2.22. The number of H-pyrrole nitrogens is 1. The van der Waals surface area contributed by atoms with Gasteiger partial charge in [-0.2, -0.15) is 0 Å². The van der Waals surface area contributed by atoms with E-state index in [-0.39, 0.29) is 30.6 Å². The molecule has 1 aromatic heterocycles. The SMILES string of the molecule is CCc1cccc2c(C(=O)COC(=O)[C@@H](NC(=O)Cc3ccccc3)C(C)C)c[nH]c12. The standard InChI is InChI=1S/C25H28N2O4/c1-4-18-11-8-12-19-20(14-26-24(18)19)21(28)15-31-25(30)23(16(2)3)27-22(29)13-17-9-6-5-7-10-17/h5-12,14,16,23,26H,4,13,15H2,1-3H3,(H,27,29)/t23-/m0/s1. The Bertz CT molecular complexity index is 1070. The van der Waals surface area contributed by atoms with Crippen LogP contribution in [0.25, 0.3) is 10.9 Å². The van der Waals surface area contributed by atoms with Crippen LogP contribution >= 0.6 is 0 Å². The molecule has 0 fully saturated rings. The molecule has 6 nitrogen and oxygen atoms in total. The number of benzene rings is 2. The predicted molar refractivity (Wildman–Crippen MR) is 120 cm³/mol. The number of aromatic nitrogens is 1. The molecule has 3 aromatic rings. The van der Waals surface area contributed by atoms with Crippen molar-refractivity contribution >= 4 is 28.6 Å². The minimum Gasteiger partial charge on any atom is -0.456 e. The van der Waals surface area contributed by atoms with Gasteiger partial charge in [-0.25, -0.2) is 4.79 Å². The van der Waals surface area contributed by atoms with Crippen molar-refractivity contribution in [3.8, 4) is 0 Å². The van der Waals surface area contributed by atoms with Gasteiger partial charge in [0.25, 0.3) is 0 Å². The number of fused-ring (bicyclic) bond motifs is 1. The molecule has 1 amide bonds. The number of hydrogen-bond donors (Lipinski definition) is 2. The molecule has 3 rings (SSSR count). The van der Waals surface area contributed by atoms with E-state index in [9.17, 15) is 14.4 Å². The first-order valence-electron chi connectivity index (χ1n) is 10.5. The van der Waals surface area contributed by atoms with Crippen molar-refractivity contribution in [2.75, 3.05) is 6.61 Å². The first kappa shape index (κ1) is 22.3. The van der Waals surface area contributed by atoms with E-state index in [4.69, 9.17) is 4.74 Å². The number of ether oxygens (including phenoxy) is 1. The van der Waals surface area contributed by atoms with Crippen LogP contribution in [0, 0.1) is 5.92 Å². The highest BCUT2D eigenvalue weighted by atomic mass is 16.5. The van der Waals surface area contributed by atoms with Crippen molar-refractivity contribution in [3.05, 3.63) is 71.4 Å². The summed E-state index contributed by atoms with van der Waals surface area (Å²) in [6.07, 6.45) is 2.67. The largest absolute Gasteiger partial charge is 0.456 e. The van der Waals surface area contributed by atoms with Crippen LogP contribution in [-0.4, -0.2) is 35.3 Å². The highest BCUT2D eigenvalue weighted by Gasteiger charge is 2.27. The molecule has 0 aliphatic rings. The number of Topliss-reactive ketones (excluding diaryl/α,β-unsaturated/α-hetero) is 1. The number of ketones is 1. The Labute approximate surface area is 182 Å². The minimum absolute atomic E-state index is 0.172. The van der Waals surface area contributed by atoms with Gasteiger partial charge in [-0.3, -0.25) is 9.59 Å². The third kappa shape index (κ3) is 5.40. The van der Waals surface area contributed by atoms with Crippen LogP contribution in [0.2, 0.25) is 0 Å². The predicted octanol–water partition coefficient (Wildman–Crippen LogP) is 3.84. The third-order valence-electron chi connectivity index (χ3n) is 5.27. The molecule has 0 aliphatic carbocycles. The highest BCUT2D eigenvalue weighted by molar-refractivity contribution is 6.09. The molecule has 0 aliphatic heterocycles. The summed E-state index contributed by atoms with van der Waals surface area (Å²) < 4.78 is 5.29. The Morgan fingerprint density at radius 3 is 2.45 bits per heavy atom. The Morgan fingerprint density at radius 1 is 1.03 bits per heavy atom. The van der Waals surface area contributed by atoms with E-state index in [1.165, 1.54) is 0 Å². The molecule has 31 heavy (non-hydrogen) atoms. The monoisotopic (exact) mass is 420 g/mol. The molecule has 1 heterocycles. The van der Waals surface area contributed by atoms with Crippen LogP contribution in [0.3, 0.4) is 0 Å². The van der Waals surface area contributed by atoms with Gasteiger partial charge in [0, 0.05) is 22.7 Å². The van der Waals surface area contributed by atoms with Crippen LogP contribution in [0.4, 0.5) is 0 Å². The fraction of sp³-hybridized carbons (Fsp3) is 0.320. The van der Waals surface area contributed by atoms with Crippen LogP contribution in [0.15, 0.2) is 54.7 Å². The first-order valence-corrected chi connectivity index (χ1v) is 10.5. The molecule has 162 valence electrons. The average Bonchev–Trinajstić information content (AvgIpc) is 3.20. The number of aromatic amines is 1. The second-order valence-corrected chi connectivity index (χ2v) is 7.88. The maximum atomic E-state index is 12.7. The number of esters is 1. The lowest BCUT2D eigenvalue weighted by Gasteiger charge is -2.20. The normalized spacial score (nSPS) is 12.0. The van der Waals surface area contributed by atoms with Gasteiger partial charge >= 0.3 is 5.97 Å². The van der Waals surface area contributed by atoms with Gasteiger partial charge in [0.05, 0.1) is 6.42 Å². The maximum Gasteiger partial charge on any atom is 0.329 e. The average molecular weight is 421 g/mol. The summed E-state index contributed by atoms with van der Waals surface area (Å²) in [6.45, 7) is 5.32. The van der Waals surface area contributed by atoms with E-state index in [1.807, 2.05) is 62.4 Å². The molecule has 0 saturated carbocycles. The number of nitrogens with one attached hydrogen (secondary N) is 2. The Morgan fingerprint density at radius 2 is 1.77 bits per heavy atom. The van der Waals surface area contributed by atoms with E-state index >= 15 is 0 Å². The first-order chi connectivity index (χ1) is 14.9. The van der Waals surface area contributed by atoms with Crippen molar-refractivity contribution < 1.29 is 19.1 Å². The van der Waals surface area contributed by atoms with Crippen LogP contribution in [-0.2, 0) is 27.2 Å². The fourth-order valence-electron chi connectivity index (χ4n) is 3.55. The van der Waals surface area contributed by atoms with Crippen molar-refractivity contribution in [2.45, 2.75) is 39.7 Å². The van der Waals surface area contributed by atoms with Crippen molar-refractivity contribution in [3.63, 3.8) is 0 Å². The quantitative estimate of drug-likeness (QED) is 0.407. The van der Waals surface area contributed by atoms with Gasteiger partial charge < -0.3 is 15.0 Å². The number of carbonyl (C=O) groups excluding carboxylic acids is 3. The molecule has 0 spiro atoms. The number of hydrogen-bond acceptors (Lipinski definition) is 4. The van der Waals surface area contributed by atoms with E-state index in [0.29, 0.717) is 5.56 Å². The van der Waals surface area contributed by atoms with Gasteiger partial charge in [-0.15, -0.1) is 0 Å². The molecule has 0 radical (unpaired) electrons. The molecule has 0 bridgehead atoms. The lowest BCUT2D eigenvalue weighted by Crippen LogP contribution is -2.46. The molecule has 1 atom stereocenters. The maximum absolute atomic E-state index is 12.7. The number of para-hydroxylation sites is 1. The van der Waals surface area contributed by atoms with Gasteiger partial charge in [-0.1, -0.05) is 69.3 Å². The lowest BCUT2D eigenvalue weighted by atomic mass is 10.0. The van der Waals surface area contributed by atoms with Crippen LogP contribution in [0.1, 0.15) is 42.3 Å². The zero-order valence-electron chi connectivity index (χ0n) is 18.1. The number of aryl methyl sites for hydroxylation is 1. The molecule has 2 N–H and O–H groups in total. The zero-order chi connectivity index (χ0) is 22.4. The number of carbonyl (C=O) groups is 3. The summed E-state index contributed by atoms with van der Waals surface area (Å²) in [5.41, 5.74) is 3.39. The molecule has 0 unspecified atom stereocenters. The van der Waals surface area contributed by atoms with Crippen LogP contribution in [0.5, 0.6) is 0 Å². The van der Waals surface area contributed by atoms with E-state index in [0.717, 1.165) is 28.5 Å². The minimum atomic E-state index is -0.821. The third-order valence-corrected chi connectivity index (χ3v) is 5.27. The molecule has 0 saturated heterocycles. The van der Waals surface area contributed by atoms with E-state index in [1.54, 1.807) is 6.20 Å². The molecular formula is C25H28N2O4. The summed E-state index contributed by atoms with van der Waals surface area (Å²) in [5, 5.41) is 3.55. The fourth-order valence-corrected chi connectivity index (χ4v) is 3.55. The Balaban J connectivity index is 1.62. The summed E-state index contributed by atoms with van der Waals surface area (Å²) in [6, 6.07) is 14.3. The number of amides is 1. The topological polar surface area (TPSA) is 88.3 Å². The van der Waals surface area contributed by atoms with Crippen molar-refractivity contribution in [1.29, 1.82) is 0 Å². The smallest absolute Gasteiger partial charge is 0.329 e. The van der Waals surface area contributed by atoms with Gasteiger partial charge in [0.1, 0.15) is 6.04 Å². The number of rotatable bonds is 9. The molecule has 6 heteroatoms. The van der Waals surface area contributed by atoms with E-state index < -0.39 is 12.0 Å². The van der Waals surface area contributed by atoms with E-state index in [2.05, 4.69) is 17.2 Å². The summed E-state index contributed by atoms with van der Waals surface area (Å²) in [4.78, 5) is 40.8. The zero-order valence-corrected chi connectivity index (χ0v) is 18.1.